The average Bonchev–Trinajstić information content (AvgIpc) is 2.03. The first kappa shape index (κ1) is 8.80. The van der Waals surface area contributed by atoms with Gasteiger partial charge in [0.25, 0.3) is 0 Å². The van der Waals surface area contributed by atoms with E-state index in [-0.39, 0.29) is 16.6 Å². The number of aromatic carboxylic acids is 1. The van der Waals surface area contributed by atoms with Crippen molar-refractivity contribution in [2.45, 2.75) is 0 Å². The summed E-state index contributed by atoms with van der Waals surface area (Å²) < 4.78 is 4.70. The van der Waals surface area contributed by atoms with Crippen molar-refractivity contribution in [2.75, 3.05) is 7.11 Å². The highest BCUT2D eigenvalue weighted by Gasteiger charge is 2.01. The third-order valence-electron chi connectivity index (χ3n) is 1.22. The Hall–Kier alpha value is -1.29. The van der Waals surface area contributed by atoms with Crippen molar-refractivity contribution in [2.24, 2.45) is 0 Å². The van der Waals surface area contributed by atoms with Gasteiger partial charge in [-0.05, 0) is 6.07 Å². The second kappa shape index (κ2) is 3.40. The lowest BCUT2D eigenvalue weighted by atomic mass is 10.3. The number of aromatic nitrogens is 1. The van der Waals surface area contributed by atoms with Gasteiger partial charge in [-0.1, -0.05) is 11.6 Å². The first-order valence-corrected chi connectivity index (χ1v) is 3.44. The number of carboxylic acids is 1. The summed E-state index contributed by atoms with van der Waals surface area (Å²) >= 11 is 5.49. The molecule has 0 aliphatic rings. The summed E-state index contributed by atoms with van der Waals surface area (Å²) in [7, 11) is 1.37. The lowest BCUT2D eigenvalue weighted by Gasteiger charge is -2.04. The van der Waals surface area contributed by atoms with Crippen molar-refractivity contribution in [3.05, 3.63) is 22.8 Å². The fourth-order valence-electron chi connectivity index (χ4n) is 0.695. The van der Waals surface area contributed by atoms with Crippen molar-refractivity contribution in [3.8, 4) is 5.88 Å². The fraction of sp³-hybridized carbons (Fsp3) is 0.143. The van der Waals surface area contributed by atoms with Crippen LogP contribution in [0.1, 0.15) is 10.4 Å². The second-order valence-electron chi connectivity index (χ2n) is 2.01. The molecule has 0 saturated heterocycles. The third kappa shape index (κ3) is 1.85. The summed E-state index contributed by atoms with van der Waals surface area (Å²) in [6.45, 7) is 0. The van der Waals surface area contributed by atoms with Crippen LogP contribution in [0.15, 0.2) is 12.1 Å². The number of carbonyl (C=O) groups is 1. The lowest BCUT2D eigenvalue weighted by Crippen LogP contribution is -2.22. The molecule has 4 nitrogen and oxygen atoms in total. The van der Waals surface area contributed by atoms with Gasteiger partial charge in [0, 0.05) is 11.6 Å². The van der Waals surface area contributed by atoms with Gasteiger partial charge < -0.3 is 14.6 Å². The van der Waals surface area contributed by atoms with Gasteiger partial charge in [0.1, 0.15) is 5.15 Å². The highest BCUT2D eigenvalue weighted by atomic mass is 35.5. The molecule has 0 bridgehead atoms. The lowest BCUT2D eigenvalue weighted by molar-refractivity contribution is -0.255. The van der Waals surface area contributed by atoms with Gasteiger partial charge in [-0.15, -0.1) is 0 Å². The Morgan fingerprint density at radius 3 is 2.83 bits per heavy atom. The Labute approximate surface area is 73.8 Å². The smallest absolute Gasteiger partial charge is 0.215 e. The van der Waals surface area contributed by atoms with Crippen LogP contribution in [0.4, 0.5) is 0 Å². The zero-order chi connectivity index (χ0) is 9.14. The number of halogens is 1. The zero-order valence-electron chi connectivity index (χ0n) is 6.20. The van der Waals surface area contributed by atoms with Gasteiger partial charge in [-0.2, -0.15) is 0 Å². The molecule has 12 heavy (non-hydrogen) atoms. The molecule has 64 valence electrons. The summed E-state index contributed by atoms with van der Waals surface area (Å²) in [5.74, 6) is -1.15. The summed E-state index contributed by atoms with van der Waals surface area (Å²) in [4.78, 5) is 14.1. The topological polar surface area (TPSA) is 62.2 Å². The number of ether oxygens (including phenoxy) is 1. The van der Waals surface area contributed by atoms with E-state index < -0.39 is 5.97 Å². The van der Waals surface area contributed by atoms with Crippen LogP contribution < -0.4 is 9.84 Å². The number of pyridine rings is 1. The van der Waals surface area contributed by atoms with Crippen molar-refractivity contribution in [3.63, 3.8) is 0 Å². The fourth-order valence-corrected chi connectivity index (χ4v) is 0.896. The summed E-state index contributed by atoms with van der Waals surface area (Å²) in [6.07, 6.45) is 0. The summed E-state index contributed by atoms with van der Waals surface area (Å²) in [5.41, 5.74) is -0.0492. The van der Waals surface area contributed by atoms with E-state index in [1.54, 1.807) is 0 Å². The number of hydrogen-bond donors (Lipinski definition) is 0. The zero-order valence-corrected chi connectivity index (χ0v) is 6.96. The van der Waals surface area contributed by atoms with Gasteiger partial charge in [0.05, 0.1) is 13.1 Å². The normalized spacial score (nSPS) is 9.50. The molecule has 0 aliphatic heterocycles. The van der Waals surface area contributed by atoms with E-state index >= 15 is 0 Å². The van der Waals surface area contributed by atoms with E-state index in [9.17, 15) is 9.90 Å². The predicted octanol–water partition coefficient (Wildman–Crippen LogP) is 0.107. The Balaban J connectivity index is 3.15. The molecule has 0 aromatic carbocycles. The van der Waals surface area contributed by atoms with Crippen LogP contribution in [0.25, 0.3) is 0 Å². The predicted molar refractivity (Wildman–Crippen MR) is 40.1 cm³/mol. The first-order chi connectivity index (χ1) is 5.63. The second-order valence-corrected chi connectivity index (χ2v) is 2.40. The van der Waals surface area contributed by atoms with Crippen molar-refractivity contribution in [1.82, 2.24) is 4.98 Å². The number of nitrogens with zero attached hydrogens (tertiary/aromatic N) is 1. The van der Waals surface area contributed by atoms with Gasteiger partial charge >= 0.3 is 0 Å². The number of hydrogen-bond acceptors (Lipinski definition) is 4. The van der Waals surface area contributed by atoms with E-state index in [2.05, 4.69) is 4.98 Å². The number of carbonyl (C=O) groups excluding carboxylic acids is 1. The van der Waals surface area contributed by atoms with Gasteiger partial charge in [0.2, 0.25) is 5.88 Å². The molecular formula is C7H5ClNO3-. The Bertz CT molecular complexity index is 314. The Morgan fingerprint density at radius 1 is 1.67 bits per heavy atom. The average molecular weight is 187 g/mol. The molecule has 1 heterocycles. The van der Waals surface area contributed by atoms with Crippen LogP contribution >= 0.6 is 11.6 Å². The van der Waals surface area contributed by atoms with E-state index in [0.29, 0.717) is 0 Å². The monoisotopic (exact) mass is 186 g/mol. The Kier molecular flexibility index (Phi) is 2.50. The molecule has 0 fully saturated rings. The van der Waals surface area contributed by atoms with Crippen LogP contribution in [-0.4, -0.2) is 18.1 Å². The van der Waals surface area contributed by atoms with E-state index in [1.165, 1.54) is 19.2 Å². The van der Waals surface area contributed by atoms with Crippen molar-refractivity contribution >= 4 is 17.6 Å². The minimum absolute atomic E-state index is 0.0492. The maximum Gasteiger partial charge on any atom is 0.215 e. The largest absolute Gasteiger partial charge is 0.545 e. The summed E-state index contributed by atoms with van der Waals surface area (Å²) in [5, 5.41) is 10.4. The molecule has 1 aromatic rings. The van der Waals surface area contributed by atoms with Crippen LogP contribution in [0.2, 0.25) is 5.15 Å². The minimum Gasteiger partial charge on any atom is -0.545 e. The van der Waals surface area contributed by atoms with Gasteiger partial charge in [-0.25, -0.2) is 4.98 Å². The first-order valence-electron chi connectivity index (χ1n) is 3.06. The third-order valence-corrected chi connectivity index (χ3v) is 1.41. The highest BCUT2D eigenvalue weighted by molar-refractivity contribution is 6.29. The molecular weight excluding hydrogens is 182 g/mol. The van der Waals surface area contributed by atoms with Crippen LogP contribution in [0.5, 0.6) is 5.88 Å². The maximum absolute atomic E-state index is 10.4. The Morgan fingerprint density at radius 2 is 2.33 bits per heavy atom. The quantitative estimate of drug-likeness (QED) is 0.615. The van der Waals surface area contributed by atoms with Crippen molar-refractivity contribution in [1.29, 1.82) is 0 Å². The maximum atomic E-state index is 10.4. The molecule has 0 spiro atoms. The molecule has 1 aromatic heterocycles. The standard InChI is InChI=1S/C7H6ClNO3/c1-12-6-3-4(7(10)11)2-5(8)9-6/h2-3H,1H3,(H,10,11)/p-1. The van der Waals surface area contributed by atoms with E-state index in [0.717, 1.165) is 0 Å². The minimum atomic E-state index is -1.31. The summed E-state index contributed by atoms with van der Waals surface area (Å²) in [6, 6.07) is 2.43. The molecule has 0 N–H and O–H groups in total. The number of rotatable bonds is 2. The molecule has 0 radical (unpaired) electrons. The number of carboxylic acid groups (broad SMARTS) is 1. The number of methoxy groups -OCH3 is 1. The van der Waals surface area contributed by atoms with Crippen molar-refractivity contribution < 1.29 is 14.6 Å². The molecule has 1 rings (SSSR count). The molecule has 0 saturated carbocycles. The molecule has 0 aliphatic carbocycles. The SMILES string of the molecule is COc1cc(C(=O)[O-])cc(Cl)n1. The van der Waals surface area contributed by atoms with E-state index in [4.69, 9.17) is 16.3 Å². The van der Waals surface area contributed by atoms with Gasteiger partial charge in [0.15, 0.2) is 0 Å². The highest BCUT2D eigenvalue weighted by Crippen LogP contribution is 2.14. The van der Waals surface area contributed by atoms with Gasteiger partial charge in [-0.3, -0.25) is 0 Å². The molecule has 5 heteroatoms. The van der Waals surface area contributed by atoms with Crippen LogP contribution in [0.3, 0.4) is 0 Å². The molecule has 0 amide bonds. The van der Waals surface area contributed by atoms with Crippen LogP contribution in [-0.2, 0) is 0 Å². The molecule has 0 unspecified atom stereocenters. The van der Waals surface area contributed by atoms with Crippen LogP contribution in [0, 0.1) is 0 Å². The van der Waals surface area contributed by atoms with E-state index in [1.807, 2.05) is 0 Å². The molecule has 0 atom stereocenters.